The molecular weight excluding hydrogens is 342 g/mol. The molecule has 1 saturated carbocycles. The van der Waals surface area contributed by atoms with Crippen molar-refractivity contribution in [3.63, 3.8) is 0 Å². The van der Waals surface area contributed by atoms with E-state index in [4.69, 9.17) is 4.42 Å². The van der Waals surface area contributed by atoms with Gasteiger partial charge in [0.2, 0.25) is 0 Å². The van der Waals surface area contributed by atoms with E-state index >= 15 is 0 Å². The van der Waals surface area contributed by atoms with Crippen molar-refractivity contribution < 1.29 is 9.52 Å². The number of nitrogens with zero attached hydrogens (tertiary/aromatic N) is 4. The van der Waals surface area contributed by atoms with Gasteiger partial charge in [0.05, 0.1) is 25.0 Å². The second-order valence-electron chi connectivity index (χ2n) is 7.14. The standard InChI is InChI=1S/C20H21N5O2/c26-17-6-2-1-4-14(17)23-20-24-15-8-7-13(10-18(15)27-20)11-25-12-22-16-5-3-9-21-19(16)25/h3,5,7-10,12,14,17,26H,1-2,4,6,11H2,(H,23,24). The van der Waals surface area contributed by atoms with Crippen molar-refractivity contribution in [3.05, 3.63) is 48.4 Å². The van der Waals surface area contributed by atoms with Gasteiger partial charge in [-0.15, -0.1) is 0 Å². The molecule has 0 spiro atoms. The Labute approximate surface area is 156 Å². The molecule has 1 aromatic carbocycles. The Morgan fingerprint density at radius 3 is 3.00 bits per heavy atom. The number of fused-ring (bicyclic) bond motifs is 2. The number of anilines is 1. The summed E-state index contributed by atoms with van der Waals surface area (Å²) in [6, 6.07) is 10.3. The minimum Gasteiger partial charge on any atom is -0.424 e. The van der Waals surface area contributed by atoms with Gasteiger partial charge in [-0.1, -0.05) is 18.9 Å². The fraction of sp³-hybridized carbons (Fsp3) is 0.350. The van der Waals surface area contributed by atoms with Crippen LogP contribution in [0.5, 0.6) is 0 Å². The number of pyridine rings is 1. The van der Waals surface area contributed by atoms with Gasteiger partial charge in [-0.05, 0) is 42.7 Å². The Balaban J connectivity index is 1.39. The predicted molar refractivity (Wildman–Crippen MR) is 103 cm³/mol. The number of aliphatic hydroxyl groups excluding tert-OH is 1. The van der Waals surface area contributed by atoms with Gasteiger partial charge in [-0.2, -0.15) is 4.98 Å². The van der Waals surface area contributed by atoms with Crippen LogP contribution in [0.15, 0.2) is 47.3 Å². The van der Waals surface area contributed by atoms with Crippen LogP contribution in [-0.2, 0) is 6.54 Å². The van der Waals surface area contributed by atoms with E-state index in [0.29, 0.717) is 12.6 Å². The number of hydrogen-bond donors (Lipinski definition) is 2. The molecule has 0 amide bonds. The number of rotatable bonds is 4. The highest BCUT2D eigenvalue weighted by molar-refractivity contribution is 5.75. The van der Waals surface area contributed by atoms with E-state index in [1.165, 1.54) is 0 Å². The average Bonchev–Trinajstić information content (AvgIpc) is 3.27. The molecule has 138 valence electrons. The van der Waals surface area contributed by atoms with Crippen molar-refractivity contribution in [1.82, 2.24) is 19.5 Å². The van der Waals surface area contributed by atoms with Crippen LogP contribution in [-0.4, -0.2) is 36.8 Å². The van der Waals surface area contributed by atoms with Gasteiger partial charge in [-0.25, -0.2) is 9.97 Å². The number of aromatic nitrogens is 4. The SMILES string of the molecule is OC1CCCCC1Nc1nc2ccc(Cn3cnc4cccnc43)cc2o1. The van der Waals surface area contributed by atoms with Crippen LogP contribution in [0.25, 0.3) is 22.3 Å². The van der Waals surface area contributed by atoms with Crippen LogP contribution in [0, 0.1) is 0 Å². The summed E-state index contributed by atoms with van der Waals surface area (Å²) in [5.41, 5.74) is 4.38. The minimum atomic E-state index is -0.341. The summed E-state index contributed by atoms with van der Waals surface area (Å²) in [6.45, 7) is 0.661. The largest absolute Gasteiger partial charge is 0.424 e. The summed E-state index contributed by atoms with van der Waals surface area (Å²) >= 11 is 0. The van der Waals surface area contributed by atoms with Gasteiger partial charge in [0.15, 0.2) is 11.2 Å². The summed E-state index contributed by atoms with van der Waals surface area (Å²) in [5, 5.41) is 13.4. The summed E-state index contributed by atoms with van der Waals surface area (Å²) in [6.07, 6.45) is 7.20. The molecule has 4 aromatic rings. The quantitative estimate of drug-likeness (QED) is 0.578. The zero-order valence-electron chi connectivity index (χ0n) is 14.9. The Hall–Kier alpha value is -2.93. The van der Waals surface area contributed by atoms with Crippen LogP contribution < -0.4 is 5.32 Å². The predicted octanol–water partition coefficient (Wildman–Crippen LogP) is 3.34. The van der Waals surface area contributed by atoms with Crippen molar-refractivity contribution in [2.75, 3.05) is 5.32 Å². The highest BCUT2D eigenvalue weighted by atomic mass is 16.4. The van der Waals surface area contributed by atoms with E-state index in [-0.39, 0.29) is 12.1 Å². The Morgan fingerprint density at radius 2 is 2.07 bits per heavy atom. The normalized spacial score (nSPS) is 20.3. The molecular formula is C20H21N5O2. The second-order valence-corrected chi connectivity index (χ2v) is 7.14. The molecule has 0 aliphatic heterocycles. The molecule has 0 saturated heterocycles. The molecule has 2 atom stereocenters. The lowest BCUT2D eigenvalue weighted by Crippen LogP contribution is -2.36. The lowest BCUT2D eigenvalue weighted by atomic mass is 9.93. The third kappa shape index (κ3) is 3.14. The van der Waals surface area contributed by atoms with E-state index in [9.17, 15) is 5.11 Å². The Morgan fingerprint density at radius 1 is 1.15 bits per heavy atom. The highest BCUT2D eigenvalue weighted by Crippen LogP contribution is 2.25. The maximum absolute atomic E-state index is 10.1. The zero-order chi connectivity index (χ0) is 18.2. The first-order chi connectivity index (χ1) is 13.3. The van der Waals surface area contributed by atoms with Crippen LogP contribution in [0.4, 0.5) is 6.01 Å². The number of aliphatic hydroxyl groups is 1. The summed E-state index contributed by atoms with van der Waals surface area (Å²) in [4.78, 5) is 13.3. The molecule has 3 heterocycles. The van der Waals surface area contributed by atoms with Gasteiger partial charge in [0.1, 0.15) is 11.0 Å². The van der Waals surface area contributed by atoms with E-state index in [2.05, 4.69) is 20.3 Å². The number of imidazole rings is 1. The van der Waals surface area contributed by atoms with E-state index in [0.717, 1.165) is 53.5 Å². The zero-order valence-corrected chi connectivity index (χ0v) is 14.9. The molecule has 1 aliphatic rings. The third-order valence-corrected chi connectivity index (χ3v) is 5.22. The first kappa shape index (κ1) is 16.3. The number of hydrogen-bond acceptors (Lipinski definition) is 6. The Kier molecular flexibility index (Phi) is 4.01. The molecule has 2 unspecified atom stereocenters. The lowest BCUT2D eigenvalue weighted by Gasteiger charge is -2.27. The minimum absolute atomic E-state index is 0.00895. The molecule has 7 heteroatoms. The van der Waals surface area contributed by atoms with Crippen molar-refractivity contribution in [2.45, 2.75) is 44.4 Å². The van der Waals surface area contributed by atoms with E-state index in [1.807, 2.05) is 34.9 Å². The van der Waals surface area contributed by atoms with Gasteiger partial charge < -0.3 is 19.4 Å². The summed E-state index contributed by atoms with van der Waals surface area (Å²) < 4.78 is 7.91. The number of oxazole rings is 1. The highest BCUT2D eigenvalue weighted by Gasteiger charge is 2.24. The van der Waals surface area contributed by atoms with Crippen LogP contribution in [0.1, 0.15) is 31.2 Å². The van der Waals surface area contributed by atoms with Gasteiger partial charge in [-0.3, -0.25) is 0 Å². The molecule has 2 N–H and O–H groups in total. The number of nitrogens with one attached hydrogen (secondary N) is 1. The van der Waals surface area contributed by atoms with Gasteiger partial charge in [0, 0.05) is 6.20 Å². The monoisotopic (exact) mass is 363 g/mol. The third-order valence-electron chi connectivity index (χ3n) is 5.22. The fourth-order valence-corrected chi connectivity index (χ4v) is 3.78. The maximum atomic E-state index is 10.1. The van der Waals surface area contributed by atoms with Crippen molar-refractivity contribution >= 4 is 28.3 Å². The first-order valence-corrected chi connectivity index (χ1v) is 9.36. The van der Waals surface area contributed by atoms with Crippen molar-refractivity contribution in [2.24, 2.45) is 0 Å². The van der Waals surface area contributed by atoms with Crippen LogP contribution >= 0.6 is 0 Å². The van der Waals surface area contributed by atoms with E-state index in [1.54, 1.807) is 12.5 Å². The summed E-state index contributed by atoms with van der Waals surface area (Å²) in [7, 11) is 0. The molecule has 5 rings (SSSR count). The fourth-order valence-electron chi connectivity index (χ4n) is 3.78. The molecule has 0 radical (unpaired) electrons. The van der Waals surface area contributed by atoms with Gasteiger partial charge >= 0.3 is 0 Å². The van der Waals surface area contributed by atoms with E-state index < -0.39 is 0 Å². The Bertz CT molecular complexity index is 1090. The smallest absolute Gasteiger partial charge is 0.295 e. The van der Waals surface area contributed by atoms with Crippen LogP contribution in [0.2, 0.25) is 0 Å². The van der Waals surface area contributed by atoms with Gasteiger partial charge in [0.25, 0.3) is 6.01 Å². The molecule has 7 nitrogen and oxygen atoms in total. The van der Waals surface area contributed by atoms with Crippen molar-refractivity contribution in [3.8, 4) is 0 Å². The molecule has 27 heavy (non-hydrogen) atoms. The lowest BCUT2D eigenvalue weighted by molar-refractivity contribution is 0.115. The number of benzene rings is 1. The first-order valence-electron chi connectivity index (χ1n) is 9.36. The average molecular weight is 363 g/mol. The molecule has 0 bridgehead atoms. The molecule has 1 fully saturated rings. The molecule has 3 aromatic heterocycles. The van der Waals surface area contributed by atoms with Crippen LogP contribution in [0.3, 0.4) is 0 Å². The second kappa shape index (κ2) is 6.66. The summed E-state index contributed by atoms with van der Waals surface area (Å²) in [5.74, 6) is 0. The molecule has 1 aliphatic carbocycles. The maximum Gasteiger partial charge on any atom is 0.295 e. The van der Waals surface area contributed by atoms with Crippen molar-refractivity contribution in [1.29, 1.82) is 0 Å². The topological polar surface area (TPSA) is 89.0 Å².